The Morgan fingerprint density at radius 2 is 1.72 bits per heavy atom. The second-order valence-electron chi connectivity index (χ2n) is 6.18. The highest BCUT2D eigenvalue weighted by Crippen LogP contribution is 2.34. The molecule has 3 aromatic rings. The summed E-state index contributed by atoms with van der Waals surface area (Å²) in [6.07, 6.45) is 1.50. The number of nitrogens with zero attached hydrogens (tertiary/aromatic N) is 2. The van der Waals surface area contributed by atoms with Gasteiger partial charge in [0, 0.05) is 19.0 Å². The molecule has 1 aliphatic rings. The third-order valence-corrected chi connectivity index (χ3v) is 5.82. The molecule has 2 aromatic carbocycles. The molecule has 1 aliphatic heterocycles. The highest BCUT2D eigenvalue weighted by molar-refractivity contribution is 7.18. The molecule has 0 unspecified atom stereocenters. The normalized spacial score (nSPS) is 15.7. The molecule has 0 aliphatic carbocycles. The molecule has 1 saturated heterocycles. The van der Waals surface area contributed by atoms with Crippen LogP contribution < -0.4 is 0 Å². The maximum absolute atomic E-state index is 13.8. The molecular formula is C19H16F2N2OS. The highest BCUT2D eigenvalue weighted by Gasteiger charge is 2.29. The van der Waals surface area contributed by atoms with Crippen LogP contribution in [0.25, 0.3) is 10.2 Å². The summed E-state index contributed by atoms with van der Waals surface area (Å²) in [5.74, 6) is -1.90. The topological polar surface area (TPSA) is 33.2 Å². The lowest BCUT2D eigenvalue weighted by Gasteiger charge is -2.31. The number of likely N-dealkylation sites (tertiary alicyclic amines) is 1. The molecule has 128 valence electrons. The molecule has 2 heterocycles. The zero-order chi connectivity index (χ0) is 17.4. The molecule has 6 heteroatoms. The number of aromatic nitrogens is 1. The number of benzene rings is 2. The Morgan fingerprint density at radius 1 is 1.04 bits per heavy atom. The van der Waals surface area contributed by atoms with Crippen molar-refractivity contribution in [1.82, 2.24) is 9.88 Å². The number of para-hydroxylation sites is 1. The number of carbonyl (C=O) groups is 1. The van der Waals surface area contributed by atoms with Crippen LogP contribution in [0, 0.1) is 11.6 Å². The molecule has 0 atom stereocenters. The van der Waals surface area contributed by atoms with Crippen molar-refractivity contribution in [2.75, 3.05) is 13.1 Å². The fraction of sp³-hybridized carbons (Fsp3) is 0.263. The van der Waals surface area contributed by atoms with E-state index in [2.05, 4.69) is 11.1 Å². The van der Waals surface area contributed by atoms with E-state index in [9.17, 15) is 13.6 Å². The van der Waals surface area contributed by atoms with E-state index in [-0.39, 0.29) is 5.92 Å². The minimum absolute atomic E-state index is 0.284. The van der Waals surface area contributed by atoms with Crippen molar-refractivity contribution in [1.29, 1.82) is 0 Å². The van der Waals surface area contributed by atoms with E-state index in [1.807, 2.05) is 18.2 Å². The van der Waals surface area contributed by atoms with Gasteiger partial charge in [-0.1, -0.05) is 18.2 Å². The Balaban J connectivity index is 1.48. The maximum atomic E-state index is 13.8. The van der Waals surface area contributed by atoms with Gasteiger partial charge in [-0.05, 0) is 37.1 Å². The third kappa shape index (κ3) is 3.02. The predicted octanol–water partition coefficient (Wildman–Crippen LogP) is 4.59. The SMILES string of the molecule is O=C(c1c(F)cccc1F)N1CCC(c2nc3ccccc3s2)CC1. The zero-order valence-corrected chi connectivity index (χ0v) is 14.2. The summed E-state index contributed by atoms with van der Waals surface area (Å²) in [6.45, 7) is 0.959. The number of carbonyl (C=O) groups excluding carboxylic acids is 1. The number of piperidine rings is 1. The lowest BCUT2D eigenvalue weighted by Crippen LogP contribution is -2.38. The average molecular weight is 358 g/mol. The number of hydrogen-bond acceptors (Lipinski definition) is 3. The first-order chi connectivity index (χ1) is 12.1. The number of halogens is 2. The molecule has 1 fully saturated rings. The molecule has 0 saturated carbocycles. The zero-order valence-electron chi connectivity index (χ0n) is 13.4. The Bertz CT molecular complexity index is 879. The van der Waals surface area contributed by atoms with Gasteiger partial charge in [-0.25, -0.2) is 13.8 Å². The lowest BCUT2D eigenvalue weighted by molar-refractivity contribution is 0.0703. The van der Waals surface area contributed by atoms with Crippen molar-refractivity contribution in [3.05, 3.63) is 64.7 Å². The van der Waals surface area contributed by atoms with E-state index in [0.717, 1.165) is 40.2 Å². The number of thiazole rings is 1. The number of amides is 1. The second kappa shape index (κ2) is 6.52. The summed E-state index contributed by atoms with van der Waals surface area (Å²) in [5.41, 5.74) is 0.537. The van der Waals surface area contributed by atoms with Crippen LogP contribution in [0.1, 0.15) is 34.1 Å². The van der Waals surface area contributed by atoms with E-state index >= 15 is 0 Å². The Morgan fingerprint density at radius 3 is 2.40 bits per heavy atom. The van der Waals surface area contributed by atoms with Gasteiger partial charge >= 0.3 is 0 Å². The van der Waals surface area contributed by atoms with Crippen molar-refractivity contribution in [2.45, 2.75) is 18.8 Å². The van der Waals surface area contributed by atoms with Crippen LogP contribution >= 0.6 is 11.3 Å². The van der Waals surface area contributed by atoms with Crippen LogP contribution in [-0.4, -0.2) is 28.9 Å². The summed E-state index contributed by atoms with van der Waals surface area (Å²) in [5, 5.41) is 1.07. The van der Waals surface area contributed by atoms with E-state index in [0.29, 0.717) is 13.1 Å². The largest absolute Gasteiger partial charge is 0.338 e. The Kier molecular flexibility index (Phi) is 4.21. The molecule has 0 bridgehead atoms. The molecule has 1 amide bonds. The highest BCUT2D eigenvalue weighted by atomic mass is 32.1. The lowest BCUT2D eigenvalue weighted by atomic mass is 9.97. The van der Waals surface area contributed by atoms with Gasteiger partial charge in [0.1, 0.15) is 17.2 Å². The smallest absolute Gasteiger partial charge is 0.259 e. The van der Waals surface area contributed by atoms with Crippen molar-refractivity contribution in [3.8, 4) is 0 Å². The van der Waals surface area contributed by atoms with Gasteiger partial charge in [-0.2, -0.15) is 0 Å². The van der Waals surface area contributed by atoms with Crippen molar-refractivity contribution in [2.24, 2.45) is 0 Å². The average Bonchev–Trinajstić information content (AvgIpc) is 3.06. The first-order valence-electron chi connectivity index (χ1n) is 8.22. The van der Waals surface area contributed by atoms with Crippen LogP contribution in [0.5, 0.6) is 0 Å². The quantitative estimate of drug-likeness (QED) is 0.671. The Labute approximate surface area is 147 Å². The number of rotatable bonds is 2. The molecule has 1 aromatic heterocycles. The van der Waals surface area contributed by atoms with Crippen LogP contribution in [0.4, 0.5) is 8.78 Å². The van der Waals surface area contributed by atoms with Crippen LogP contribution in [0.15, 0.2) is 42.5 Å². The van der Waals surface area contributed by atoms with Crippen molar-refractivity contribution >= 4 is 27.5 Å². The molecule has 0 N–H and O–H groups in total. The minimum Gasteiger partial charge on any atom is -0.338 e. The number of fused-ring (bicyclic) bond motifs is 1. The fourth-order valence-electron chi connectivity index (χ4n) is 3.25. The van der Waals surface area contributed by atoms with Crippen molar-refractivity contribution in [3.63, 3.8) is 0 Å². The predicted molar refractivity (Wildman–Crippen MR) is 93.9 cm³/mol. The monoisotopic (exact) mass is 358 g/mol. The summed E-state index contributed by atoms with van der Waals surface area (Å²) in [6, 6.07) is 11.5. The standard InChI is InChI=1S/C19H16F2N2OS/c20-13-4-3-5-14(21)17(13)19(24)23-10-8-12(9-11-23)18-22-15-6-1-2-7-16(15)25-18/h1-7,12H,8-11H2. The number of hydrogen-bond donors (Lipinski definition) is 0. The summed E-state index contributed by atoms with van der Waals surface area (Å²) in [4.78, 5) is 18.7. The molecule has 0 radical (unpaired) electrons. The van der Waals surface area contributed by atoms with Crippen LogP contribution in [-0.2, 0) is 0 Å². The van der Waals surface area contributed by atoms with Gasteiger partial charge in [-0.3, -0.25) is 4.79 Å². The second-order valence-corrected chi connectivity index (χ2v) is 7.25. The van der Waals surface area contributed by atoms with Gasteiger partial charge in [0.15, 0.2) is 0 Å². The summed E-state index contributed by atoms with van der Waals surface area (Å²) in [7, 11) is 0. The van der Waals surface area contributed by atoms with Gasteiger partial charge in [0.25, 0.3) is 5.91 Å². The molecule has 4 rings (SSSR count). The van der Waals surface area contributed by atoms with E-state index in [1.165, 1.54) is 11.0 Å². The van der Waals surface area contributed by atoms with Gasteiger partial charge in [0.05, 0.1) is 15.2 Å². The van der Waals surface area contributed by atoms with E-state index in [4.69, 9.17) is 0 Å². The third-order valence-electron chi connectivity index (χ3n) is 4.62. The van der Waals surface area contributed by atoms with Gasteiger partial charge in [0.2, 0.25) is 0 Å². The minimum atomic E-state index is -0.807. The van der Waals surface area contributed by atoms with Gasteiger partial charge in [-0.15, -0.1) is 11.3 Å². The first-order valence-corrected chi connectivity index (χ1v) is 9.04. The summed E-state index contributed by atoms with van der Waals surface area (Å²) < 4.78 is 28.8. The van der Waals surface area contributed by atoms with Gasteiger partial charge < -0.3 is 4.90 Å². The molecule has 3 nitrogen and oxygen atoms in total. The first kappa shape index (κ1) is 16.1. The molecule has 25 heavy (non-hydrogen) atoms. The van der Waals surface area contributed by atoms with Crippen LogP contribution in [0.3, 0.4) is 0 Å². The summed E-state index contributed by atoms with van der Waals surface area (Å²) >= 11 is 1.68. The van der Waals surface area contributed by atoms with E-state index in [1.54, 1.807) is 11.3 Å². The van der Waals surface area contributed by atoms with Crippen LogP contribution in [0.2, 0.25) is 0 Å². The van der Waals surface area contributed by atoms with Crippen molar-refractivity contribution < 1.29 is 13.6 Å². The molecule has 0 spiro atoms. The van der Waals surface area contributed by atoms with E-state index < -0.39 is 23.1 Å². The molecular weight excluding hydrogens is 342 g/mol. The fourth-order valence-corrected chi connectivity index (χ4v) is 4.39. The maximum Gasteiger partial charge on any atom is 0.259 e. The Hall–Kier alpha value is -2.34.